The minimum Gasteiger partial charge on any atom is -0.506 e. The average molecular weight is 364 g/mol. The molecule has 1 fully saturated rings. The van der Waals surface area contributed by atoms with Gasteiger partial charge in [0.15, 0.2) is 0 Å². The van der Waals surface area contributed by atoms with E-state index in [2.05, 4.69) is 0 Å². The Morgan fingerprint density at radius 3 is 2.88 bits per heavy atom. The molecule has 0 spiro atoms. The third kappa shape index (κ3) is 4.71. The van der Waals surface area contributed by atoms with Gasteiger partial charge in [0, 0.05) is 19.5 Å². The summed E-state index contributed by atoms with van der Waals surface area (Å²) in [6.45, 7) is 1.47. The van der Waals surface area contributed by atoms with Gasteiger partial charge in [0.05, 0.1) is 24.2 Å². The second-order valence-electron chi connectivity index (χ2n) is 6.13. The zero-order chi connectivity index (χ0) is 17.8. The Morgan fingerprint density at radius 2 is 2.12 bits per heavy atom. The standard InChI is InChI=1S/C19H19ClFNO3/c20-17-10-14(4-5-18(17)23)11-19(24)22-6-7-25-16(12-22)9-13-2-1-3-15(21)8-13/h1-5,8,10,16,23H,6-7,9,11-12H2/t16-/m0/s1. The molecule has 2 aromatic carbocycles. The first-order valence-electron chi connectivity index (χ1n) is 8.12. The molecule has 1 atom stereocenters. The van der Waals surface area contributed by atoms with E-state index < -0.39 is 0 Å². The highest BCUT2D eigenvalue weighted by atomic mass is 35.5. The van der Waals surface area contributed by atoms with Crippen LogP contribution in [0.4, 0.5) is 4.39 Å². The van der Waals surface area contributed by atoms with Crippen molar-refractivity contribution < 1.29 is 19.0 Å². The number of hydrogen-bond acceptors (Lipinski definition) is 3. The lowest BCUT2D eigenvalue weighted by Crippen LogP contribution is -2.46. The second-order valence-corrected chi connectivity index (χ2v) is 6.54. The highest BCUT2D eigenvalue weighted by molar-refractivity contribution is 6.32. The Morgan fingerprint density at radius 1 is 1.28 bits per heavy atom. The Kier molecular flexibility index (Phi) is 5.56. The molecule has 1 saturated heterocycles. The number of amides is 1. The first-order valence-corrected chi connectivity index (χ1v) is 8.50. The van der Waals surface area contributed by atoms with Crippen LogP contribution in [0, 0.1) is 5.82 Å². The van der Waals surface area contributed by atoms with Gasteiger partial charge in [-0.2, -0.15) is 0 Å². The molecule has 0 unspecified atom stereocenters. The van der Waals surface area contributed by atoms with Crippen LogP contribution < -0.4 is 0 Å². The number of ether oxygens (including phenoxy) is 1. The van der Waals surface area contributed by atoms with Crippen LogP contribution in [-0.2, 0) is 22.4 Å². The van der Waals surface area contributed by atoms with Crippen molar-refractivity contribution in [2.45, 2.75) is 18.9 Å². The molecule has 25 heavy (non-hydrogen) atoms. The van der Waals surface area contributed by atoms with Crippen molar-refractivity contribution in [3.63, 3.8) is 0 Å². The highest BCUT2D eigenvalue weighted by Crippen LogP contribution is 2.24. The second kappa shape index (κ2) is 7.85. The molecule has 0 aromatic heterocycles. The van der Waals surface area contributed by atoms with E-state index in [9.17, 15) is 14.3 Å². The SMILES string of the molecule is O=C(Cc1ccc(O)c(Cl)c1)N1CCO[C@@H](Cc2cccc(F)c2)C1. The highest BCUT2D eigenvalue weighted by Gasteiger charge is 2.24. The van der Waals surface area contributed by atoms with Gasteiger partial charge in [-0.05, 0) is 35.4 Å². The third-order valence-corrected chi connectivity index (χ3v) is 4.51. The lowest BCUT2D eigenvalue weighted by molar-refractivity contribution is -0.138. The molecule has 1 aliphatic heterocycles. The van der Waals surface area contributed by atoms with Gasteiger partial charge in [-0.15, -0.1) is 0 Å². The van der Waals surface area contributed by atoms with Gasteiger partial charge in [0.25, 0.3) is 0 Å². The van der Waals surface area contributed by atoms with Crippen LogP contribution in [-0.4, -0.2) is 41.7 Å². The average Bonchev–Trinajstić information content (AvgIpc) is 2.58. The topological polar surface area (TPSA) is 49.8 Å². The summed E-state index contributed by atoms with van der Waals surface area (Å²) in [5, 5.41) is 9.68. The lowest BCUT2D eigenvalue weighted by atomic mass is 10.1. The summed E-state index contributed by atoms with van der Waals surface area (Å²) in [7, 11) is 0. The molecule has 3 rings (SSSR count). The van der Waals surface area contributed by atoms with E-state index in [-0.39, 0.29) is 35.0 Å². The molecule has 0 saturated carbocycles. The quantitative estimate of drug-likeness (QED) is 0.907. The summed E-state index contributed by atoms with van der Waals surface area (Å²) in [4.78, 5) is 14.3. The number of aromatic hydroxyl groups is 1. The van der Waals surface area contributed by atoms with Gasteiger partial charge >= 0.3 is 0 Å². The Balaban J connectivity index is 1.60. The van der Waals surface area contributed by atoms with E-state index in [0.717, 1.165) is 11.1 Å². The van der Waals surface area contributed by atoms with Crippen LogP contribution in [0.3, 0.4) is 0 Å². The molecule has 1 heterocycles. The molecule has 0 radical (unpaired) electrons. The predicted octanol–water partition coefficient (Wildman–Crippen LogP) is 3.20. The van der Waals surface area contributed by atoms with Crippen LogP contribution >= 0.6 is 11.6 Å². The van der Waals surface area contributed by atoms with Crippen molar-refractivity contribution >= 4 is 17.5 Å². The van der Waals surface area contributed by atoms with E-state index in [1.54, 1.807) is 23.1 Å². The molecule has 4 nitrogen and oxygen atoms in total. The summed E-state index contributed by atoms with van der Waals surface area (Å²) in [6, 6.07) is 11.2. The van der Waals surface area contributed by atoms with Crippen molar-refractivity contribution in [1.82, 2.24) is 4.90 Å². The number of nitrogens with zero attached hydrogens (tertiary/aromatic N) is 1. The van der Waals surface area contributed by atoms with Gasteiger partial charge in [0.1, 0.15) is 11.6 Å². The monoisotopic (exact) mass is 363 g/mol. The largest absolute Gasteiger partial charge is 0.506 e. The van der Waals surface area contributed by atoms with E-state index in [1.807, 2.05) is 6.07 Å². The summed E-state index contributed by atoms with van der Waals surface area (Å²) in [5.41, 5.74) is 1.60. The molecule has 6 heteroatoms. The van der Waals surface area contributed by atoms with Crippen molar-refractivity contribution in [2.24, 2.45) is 0 Å². The van der Waals surface area contributed by atoms with Crippen LogP contribution in [0.1, 0.15) is 11.1 Å². The number of carbonyl (C=O) groups excluding carboxylic acids is 1. The molecule has 0 aliphatic carbocycles. The zero-order valence-electron chi connectivity index (χ0n) is 13.6. The summed E-state index contributed by atoms with van der Waals surface area (Å²) < 4.78 is 19.0. The van der Waals surface area contributed by atoms with E-state index in [1.165, 1.54) is 18.2 Å². The maximum Gasteiger partial charge on any atom is 0.227 e. The molecular weight excluding hydrogens is 345 g/mol. The molecule has 2 aromatic rings. The predicted molar refractivity (Wildman–Crippen MR) is 93.2 cm³/mol. The van der Waals surface area contributed by atoms with Crippen molar-refractivity contribution in [2.75, 3.05) is 19.7 Å². The Hall–Kier alpha value is -2.11. The van der Waals surface area contributed by atoms with Crippen LogP contribution in [0.15, 0.2) is 42.5 Å². The van der Waals surface area contributed by atoms with Crippen LogP contribution in [0.5, 0.6) is 5.75 Å². The molecule has 132 valence electrons. The maximum atomic E-state index is 13.3. The number of morpholine rings is 1. The molecule has 0 bridgehead atoms. The fourth-order valence-electron chi connectivity index (χ4n) is 2.94. The van der Waals surface area contributed by atoms with Gasteiger partial charge in [-0.3, -0.25) is 4.79 Å². The van der Waals surface area contributed by atoms with Crippen molar-refractivity contribution in [3.8, 4) is 5.75 Å². The lowest BCUT2D eigenvalue weighted by Gasteiger charge is -2.33. The third-order valence-electron chi connectivity index (χ3n) is 4.21. The van der Waals surface area contributed by atoms with Gasteiger partial charge in [-0.25, -0.2) is 4.39 Å². The smallest absolute Gasteiger partial charge is 0.227 e. The molecule has 1 aliphatic rings. The van der Waals surface area contributed by atoms with Gasteiger partial charge in [0.2, 0.25) is 5.91 Å². The Labute approximate surface area is 150 Å². The van der Waals surface area contributed by atoms with Crippen molar-refractivity contribution in [1.29, 1.82) is 0 Å². The number of halogens is 2. The van der Waals surface area contributed by atoms with E-state index in [0.29, 0.717) is 26.1 Å². The van der Waals surface area contributed by atoms with E-state index >= 15 is 0 Å². The summed E-state index contributed by atoms with van der Waals surface area (Å²) in [6.07, 6.45) is 0.627. The van der Waals surface area contributed by atoms with E-state index in [4.69, 9.17) is 16.3 Å². The number of hydrogen-bond donors (Lipinski definition) is 1. The first kappa shape index (κ1) is 17.7. The number of benzene rings is 2. The normalized spacial score (nSPS) is 17.5. The number of phenolic OH excluding ortho intramolecular Hbond substituents is 1. The zero-order valence-corrected chi connectivity index (χ0v) is 14.4. The summed E-state index contributed by atoms with van der Waals surface area (Å²) in [5.74, 6) is -0.292. The van der Waals surface area contributed by atoms with Gasteiger partial charge < -0.3 is 14.7 Å². The van der Waals surface area contributed by atoms with Gasteiger partial charge in [-0.1, -0.05) is 29.8 Å². The number of carbonyl (C=O) groups is 1. The van der Waals surface area contributed by atoms with Crippen LogP contribution in [0.2, 0.25) is 5.02 Å². The minimum atomic E-state index is -0.273. The first-order chi connectivity index (χ1) is 12.0. The number of phenols is 1. The Bertz CT molecular complexity index is 768. The fourth-order valence-corrected chi connectivity index (χ4v) is 3.15. The summed E-state index contributed by atoms with van der Waals surface area (Å²) >= 11 is 5.88. The molecule has 1 amide bonds. The van der Waals surface area contributed by atoms with Crippen molar-refractivity contribution in [3.05, 3.63) is 64.4 Å². The maximum absolute atomic E-state index is 13.3. The molecular formula is C19H19ClFNO3. The molecule has 1 N–H and O–H groups in total. The minimum absolute atomic E-state index is 0.000560. The fraction of sp³-hybridized carbons (Fsp3) is 0.316. The number of rotatable bonds is 4. The van der Waals surface area contributed by atoms with Crippen LogP contribution in [0.25, 0.3) is 0 Å².